The topological polar surface area (TPSA) is 168 Å². The van der Waals surface area contributed by atoms with E-state index in [2.05, 4.69) is 22.3 Å². The number of esters is 1. The predicted octanol–water partition coefficient (Wildman–Crippen LogP) is 3.24. The van der Waals surface area contributed by atoms with Crippen molar-refractivity contribution in [2.45, 2.75) is 90.5 Å². The molecule has 2 N–H and O–H groups in total. The number of carbonyl (C=O) groups excluding carboxylic acids is 3. The van der Waals surface area contributed by atoms with Gasteiger partial charge in [-0.1, -0.05) is 51.9 Å². The van der Waals surface area contributed by atoms with Gasteiger partial charge in [0.1, 0.15) is 12.6 Å². The molecular weight excluding hydrogens is 680 g/mol. The third-order valence-electron chi connectivity index (χ3n) is 7.46. The largest absolute Gasteiger partial charge is 0.467 e. The monoisotopic (exact) mass is 753 g/mol. The summed E-state index contributed by atoms with van der Waals surface area (Å²) in [6.07, 6.45) is 12.2. The maximum Gasteiger partial charge on any atom is 0.328 e. The summed E-state index contributed by atoms with van der Waals surface area (Å²) in [6, 6.07) is -0.679. The minimum absolute atomic E-state index is 0.0631. The van der Waals surface area contributed by atoms with Crippen molar-refractivity contribution in [2.75, 3.05) is 133 Å². The summed E-state index contributed by atoms with van der Waals surface area (Å²) in [5.41, 5.74) is 0. The first-order chi connectivity index (χ1) is 25.5. The molecule has 0 heterocycles. The molecule has 0 aromatic rings. The first-order valence-electron chi connectivity index (χ1n) is 19.3. The van der Waals surface area contributed by atoms with Gasteiger partial charge in [-0.05, 0) is 25.7 Å². The molecule has 0 aliphatic rings. The van der Waals surface area contributed by atoms with E-state index in [4.69, 9.17) is 42.6 Å². The Morgan fingerprint density at radius 1 is 0.481 bits per heavy atom. The Labute approximate surface area is 313 Å². The summed E-state index contributed by atoms with van der Waals surface area (Å²) in [7, 11) is 1.28. The number of hydrogen-bond donors (Lipinski definition) is 2. The summed E-state index contributed by atoms with van der Waals surface area (Å²) in [6.45, 7) is 12.5. The highest BCUT2D eigenvalue weighted by molar-refractivity contribution is 5.83. The molecule has 0 saturated carbocycles. The van der Waals surface area contributed by atoms with Crippen LogP contribution in [0.3, 0.4) is 0 Å². The van der Waals surface area contributed by atoms with Crippen molar-refractivity contribution in [3.05, 3.63) is 0 Å². The molecule has 0 aromatic heterocycles. The fraction of sp³-hybridized carbons (Fsp3) is 0.919. The van der Waals surface area contributed by atoms with Crippen molar-refractivity contribution in [3.63, 3.8) is 0 Å². The van der Waals surface area contributed by atoms with Crippen LogP contribution < -0.4 is 10.6 Å². The number of carbonyl (C=O) groups is 3. The summed E-state index contributed by atoms with van der Waals surface area (Å²) in [4.78, 5) is 34.7. The van der Waals surface area contributed by atoms with Crippen LogP contribution in [0, 0.1) is 0 Å². The van der Waals surface area contributed by atoms with Crippen molar-refractivity contribution >= 4 is 17.8 Å². The molecule has 0 rings (SSSR count). The third-order valence-corrected chi connectivity index (χ3v) is 7.46. The van der Waals surface area contributed by atoms with Crippen LogP contribution in [0.4, 0.5) is 0 Å². The Morgan fingerprint density at radius 3 is 1.27 bits per heavy atom. The van der Waals surface area contributed by atoms with Crippen LogP contribution in [0.1, 0.15) is 84.5 Å². The normalized spacial score (nSPS) is 11.8. The van der Waals surface area contributed by atoms with Gasteiger partial charge in [-0.25, -0.2) is 4.79 Å². The second-order valence-corrected chi connectivity index (χ2v) is 12.0. The quantitative estimate of drug-likeness (QED) is 0.0690. The Bertz CT molecular complexity index is 795. The number of unbranched alkanes of at least 4 members (excludes halogenated alkanes) is 8. The summed E-state index contributed by atoms with van der Waals surface area (Å²) in [5, 5.41) is 5.31. The van der Waals surface area contributed by atoms with E-state index in [-0.39, 0.29) is 18.4 Å². The number of nitrogens with one attached hydrogen (secondary N) is 2. The molecule has 2 amide bonds. The van der Waals surface area contributed by atoms with Gasteiger partial charge in [-0.2, -0.15) is 0 Å². The smallest absolute Gasteiger partial charge is 0.328 e. The number of methoxy groups -OCH3 is 1. The van der Waals surface area contributed by atoms with Crippen LogP contribution in [-0.2, 0) is 61.8 Å². The standard InChI is InChI=1S/C37H72N2O13/c1-4-5-6-7-8-9-10-13-16-44-17-18-45-19-20-46-21-22-47-23-24-48-25-26-49-27-28-50-29-30-51-31-32-52-33-36(41)38-15-12-11-14-35(37(42)43-3)39-34(2)40/h35H,4-33H2,1-3H3,(H,38,41)(H,39,40)/t35-/m0/s1. The van der Waals surface area contributed by atoms with E-state index < -0.39 is 12.0 Å². The van der Waals surface area contributed by atoms with Gasteiger partial charge in [-0.15, -0.1) is 0 Å². The molecule has 0 unspecified atom stereocenters. The lowest BCUT2D eigenvalue weighted by Gasteiger charge is -2.15. The molecule has 1 atom stereocenters. The van der Waals surface area contributed by atoms with Crippen LogP contribution in [0.25, 0.3) is 0 Å². The highest BCUT2D eigenvalue weighted by Crippen LogP contribution is 2.08. The Kier molecular flexibility index (Phi) is 40.2. The van der Waals surface area contributed by atoms with Crippen LogP contribution in [-0.4, -0.2) is 156 Å². The lowest BCUT2D eigenvalue weighted by atomic mass is 10.1. The molecular formula is C37H72N2O13. The van der Waals surface area contributed by atoms with Gasteiger partial charge in [0.05, 0.1) is 113 Å². The molecule has 15 heteroatoms. The molecule has 15 nitrogen and oxygen atoms in total. The second-order valence-electron chi connectivity index (χ2n) is 12.0. The van der Waals surface area contributed by atoms with Crippen LogP contribution in [0.5, 0.6) is 0 Å². The molecule has 308 valence electrons. The molecule has 0 radical (unpaired) electrons. The minimum atomic E-state index is -0.679. The van der Waals surface area contributed by atoms with E-state index in [0.29, 0.717) is 132 Å². The summed E-state index contributed by atoms with van der Waals surface area (Å²) < 4.78 is 54.0. The van der Waals surface area contributed by atoms with E-state index in [1.54, 1.807) is 0 Å². The predicted molar refractivity (Wildman–Crippen MR) is 196 cm³/mol. The van der Waals surface area contributed by atoms with Crippen molar-refractivity contribution in [1.82, 2.24) is 10.6 Å². The van der Waals surface area contributed by atoms with Gasteiger partial charge in [-0.3, -0.25) is 9.59 Å². The average Bonchev–Trinajstić information content (AvgIpc) is 3.13. The Hall–Kier alpha value is -1.95. The molecule has 0 fully saturated rings. The number of amides is 2. The van der Waals surface area contributed by atoms with E-state index in [1.807, 2.05) is 0 Å². The zero-order chi connectivity index (χ0) is 38.0. The van der Waals surface area contributed by atoms with Gasteiger partial charge in [0.2, 0.25) is 11.8 Å². The fourth-order valence-corrected chi connectivity index (χ4v) is 4.65. The van der Waals surface area contributed by atoms with E-state index >= 15 is 0 Å². The van der Waals surface area contributed by atoms with Crippen LogP contribution >= 0.6 is 0 Å². The SMILES string of the molecule is CCCCCCCCCCOCCOCCOCCOCCOCCOCCOCCOCCOCC(=O)NCCCC[C@H](NC(C)=O)C(=O)OC. The summed E-state index contributed by atoms with van der Waals surface area (Å²) >= 11 is 0. The Morgan fingerprint density at radius 2 is 0.865 bits per heavy atom. The lowest BCUT2D eigenvalue weighted by molar-refractivity contribution is -0.145. The first kappa shape index (κ1) is 50.1. The zero-order valence-corrected chi connectivity index (χ0v) is 32.6. The van der Waals surface area contributed by atoms with Crippen LogP contribution in [0.15, 0.2) is 0 Å². The van der Waals surface area contributed by atoms with E-state index in [1.165, 1.54) is 59.0 Å². The van der Waals surface area contributed by atoms with Gasteiger partial charge in [0.15, 0.2) is 0 Å². The van der Waals surface area contributed by atoms with Crippen molar-refractivity contribution < 1.29 is 61.8 Å². The lowest BCUT2D eigenvalue weighted by Crippen LogP contribution is -2.40. The second kappa shape index (κ2) is 41.8. The van der Waals surface area contributed by atoms with Crippen LogP contribution in [0.2, 0.25) is 0 Å². The number of rotatable bonds is 42. The van der Waals surface area contributed by atoms with Crippen molar-refractivity contribution in [1.29, 1.82) is 0 Å². The molecule has 0 bridgehead atoms. The third kappa shape index (κ3) is 39.3. The van der Waals surface area contributed by atoms with Gasteiger partial charge >= 0.3 is 5.97 Å². The summed E-state index contributed by atoms with van der Waals surface area (Å²) in [5.74, 6) is -1.01. The highest BCUT2D eigenvalue weighted by Gasteiger charge is 2.19. The van der Waals surface area contributed by atoms with E-state index in [9.17, 15) is 14.4 Å². The Balaban J connectivity index is 3.23. The minimum Gasteiger partial charge on any atom is -0.467 e. The number of ether oxygens (including phenoxy) is 10. The van der Waals surface area contributed by atoms with Crippen molar-refractivity contribution in [3.8, 4) is 0 Å². The highest BCUT2D eigenvalue weighted by atomic mass is 16.6. The maximum absolute atomic E-state index is 11.9. The van der Waals surface area contributed by atoms with Gasteiger partial charge < -0.3 is 58.0 Å². The average molecular weight is 753 g/mol. The maximum atomic E-state index is 11.9. The fourth-order valence-electron chi connectivity index (χ4n) is 4.65. The van der Waals surface area contributed by atoms with Gasteiger partial charge in [0, 0.05) is 20.1 Å². The molecule has 0 aliphatic carbocycles. The first-order valence-corrected chi connectivity index (χ1v) is 19.3. The zero-order valence-electron chi connectivity index (χ0n) is 32.6. The molecule has 52 heavy (non-hydrogen) atoms. The number of hydrogen-bond acceptors (Lipinski definition) is 13. The molecule has 0 aliphatic heterocycles. The van der Waals surface area contributed by atoms with Gasteiger partial charge in [0.25, 0.3) is 0 Å². The molecule has 0 spiro atoms. The van der Waals surface area contributed by atoms with E-state index in [0.717, 1.165) is 13.0 Å². The molecule has 0 saturated heterocycles. The van der Waals surface area contributed by atoms with Crippen molar-refractivity contribution in [2.24, 2.45) is 0 Å². The molecule has 0 aromatic carbocycles.